The van der Waals surface area contributed by atoms with Gasteiger partial charge in [0.1, 0.15) is 12.4 Å². The Morgan fingerprint density at radius 2 is 2.00 bits per heavy atom. The maximum atomic E-state index is 10.6. The molecule has 2 aromatic carbocycles. The van der Waals surface area contributed by atoms with Gasteiger partial charge in [-0.2, -0.15) is 0 Å². The van der Waals surface area contributed by atoms with Crippen molar-refractivity contribution in [3.63, 3.8) is 0 Å². The predicted octanol–water partition coefficient (Wildman–Crippen LogP) is 4.12. The number of aliphatic carboxylic acids is 1. The lowest BCUT2D eigenvalue weighted by atomic mass is 10.1. The van der Waals surface area contributed by atoms with Crippen molar-refractivity contribution in [3.8, 4) is 5.75 Å². The van der Waals surface area contributed by atoms with E-state index in [1.54, 1.807) is 0 Å². The Balaban J connectivity index is 1.67. The zero-order valence-corrected chi connectivity index (χ0v) is 13.9. The van der Waals surface area contributed by atoms with E-state index in [2.05, 4.69) is 23.7 Å². The predicted molar refractivity (Wildman–Crippen MR) is 95.7 cm³/mol. The van der Waals surface area contributed by atoms with Crippen LogP contribution in [0.25, 0.3) is 10.9 Å². The molecule has 0 aliphatic heterocycles. The number of nitrogens with zero attached hydrogens (tertiary/aromatic N) is 1. The number of aromatic nitrogens is 1. The number of ether oxygens (including phenoxy) is 1. The molecule has 4 nitrogen and oxygen atoms in total. The largest absolute Gasteiger partial charge is 0.489 e. The number of carbonyl (C=O) groups is 1. The monoisotopic (exact) mass is 339 g/mol. The maximum absolute atomic E-state index is 10.6. The van der Waals surface area contributed by atoms with Gasteiger partial charge in [0.25, 0.3) is 0 Å². The van der Waals surface area contributed by atoms with E-state index in [9.17, 15) is 4.79 Å². The molecule has 3 aromatic rings. The van der Waals surface area contributed by atoms with Crippen LogP contribution < -0.4 is 4.74 Å². The number of carboxylic acid groups (broad SMARTS) is 1. The van der Waals surface area contributed by atoms with Gasteiger partial charge < -0.3 is 9.84 Å². The average molecular weight is 339 g/mol. The molecule has 0 bridgehead atoms. The summed E-state index contributed by atoms with van der Waals surface area (Å²) in [6, 6.07) is 15.5. The second-order valence-corrected chi connectivity index (χ2v) is 5.99. The van der Waals surface area contributed by atoms with E-state index >= 15 is 0 Å². The van der Waals surface area contributed by atoms with E-state index in [-0.39, 0.29) is 6.42 Å². The number of aryl methyl sites for hydroxylation is 1. The number of pyridine rings is 1. The molecule has 0 saturated heterocycles. The first-order chi connectivity index (χ1) is 11.6. The van der Waals surface area contributed by atoms with E-state index in [1.165, 1.54) is 0 Å². The van der Waals surface area contributed by atoms with Crippen LogP contribution in [0.5, 0.6) is 5.75 Å². The fraction of sp³-hybridized carbons (Fsp3) is 0.158. The van der Waals surface area contributed by atoms with E-state index in [4.69, 9.17) is 9.84 Å². The minimum Gasteiger partial charge on any atom is -0.489 e. The van der Waals surface area contributed by atoms with E-state index in [0.717, 1.165) is 26.9 Å². The Bertz CT molecular complexity index is 879. The average Bonchev–Trinajstić information content (AvgIpc) is 2.59. The van der Waals surface area contributed by atoms with Crippen LogP contribution >= 0.6 is 12.6 Å². The molecule has 0 radical (unpaired) electrons. The number of benzene rings is 2. The minimum absolute atomic E-state index is 0.0938. The van der Waals surface area contributed by atoms with Crippen LogP contribution in [-0.2, 0) is 17.8 Å². The molecule has 1 heterocycles. The molecule has 1 N–H and O–H groups in total. The fourth-order valence-corrected chi connectivity index (χ4v) is 2.76. The van der Waals surface area contributed by atoms with Crippen molar-refractivity contribution >= 4 is 29.5 Å². The summed E-state index contributed by atoms with van der Waals surface area (Å²) in [6.07, 6.45) is 2.37. The molecular formula is C19H17NO3S. The molecule has 122 valence electrons. The first-order valence-corrected chi connectivity index (χ1v) is 8.07. The highest BCUT2D eigenvalue weighted by Crippen LogP contribution is 2.23. The third-order valence-corrected chi connectivity index (χ3v) is 4.13. The van der Waals surface area contributed by atoms with Crippen molar-refractivity contribution < 1.29 is 14.6 Å². The van der Waals surface area contributed by atoms with E-state index in [1.807, 2.05) is 48.7 Å². The number of para-hydroxylation sites is 1. The molecule has 0 unspecified atom stereocenters. The molecule has 0 spiro atoms. The molecule has 0 amide bonds. The second-order valence-electron chi connectivity index (χ2n) is 5.51. The van der Waals surface area contributed by atoms with E-state index in [0.29, 0.717) is 18.8 Å². The molecular weight excluding hydrogens is 322 g/mol. The first-order valence-electron chi connectivity index (χ1n) is 7.62. The summed E-state index contributed by atoms with van der Waals surface area (Å²) < 4.78 is 5.80. The van der Waals surface area contributed by atoms with Crippen LogP contribution in [0.2, 0.25) is 0 Å². The summed E-state index contributed by atoms with van der Waals surface area (Å²) in [5.41, 5.74) is 2.85. The molecule has 3 rings (SSSR count). The van der Waals surface area contributed by atoms with Gasteiger partial charge in [-0.3, -0.25) is 9.78 Å². The van der Waals surface area contributed by atoms with Crippen LogP contribution in [0.15, 0.2) is 59.6 Å². The molecule has 1 aromatic heterocycles. The van der Waals surface area contributed by atoms with Gasteiger partial charge in [0.2, 0.25) is 0 Å². The zero-order chi connectivity index (χ0) is 16.9. The summed E-state index contributed by atoms with van der Waals surface area (Å²) in [7, 11) is 0. The number of carboxylic acids is 1. The summed E-state index contributed by atoms with van der Waals surface area (Å²) >= 11 is 4.41. The second kappa shape index (κ2) is 7.36. The molecule has 0 fully saturated rings. The molecule has 0 aliphatic rings. The van der Waals surface area contributed by atoms with Gasteiger partial charge in [0.05, 0.1) is 5.52 Å². The lowest BCUT2D eigenvalue weighted by Gasteiger charge is -2.10. The Morgan fingerprint density at radius 3 is 2.79 bits per heavy atom. The quantitative estimate of drug-likeness (QED) is 0.663. The van der Waals surface area contributed by atoms with Gasteiger partial charge in [-0.25, -0.2) is 0 Å². The van der Waals surface area contributed by atoms with Crippen LogP contribution in [0.3, 0.4) is 0 Å². The van der Waals surface area contributed by atoms with Crippen LogP contribution in [0.4, 0.5) is 0 Å². The highest BCUT2D eigenvalue weighted by molar-refractivity contribution is 7.80. The highest BCUT2D eigenvalue weighted by Gasteiger charge is 2.05. The van der Waals surface area contributed by atoms with Gasteiger partial charge in [-0.1, -0.05) is 24.3 Å². The lowest BCUT2D eigenvalue weighted by molar-refractivity contribution is -0.136. The third-order valence-electron chi connectivity index (χ3n) is 3.72. The van der Waals surface area contributed by atoms with Crippen molar-refractivity contribution in [2.45, 2.75) is 24.3 Å². The van der Waals surface area contributed by atoms with Crippen LogP contribution in [-0.4, -0.2) is 16.1 Å². The summed E-state index contributed by atoms with van der Waals surface area (Å²) in [5, 5.41) is 9.83. The number of thiol groups is 1. The van der Waals surface area contributed by atoms with Gasteiger partial charge in [0, 0.05) is 28.5 Å². The molecule has 0 aliphatic carbocycles. The van der Waals surface area contributed by atoms with Crippen LogP contribution in [0.1, 0.15) is 17.5 Å². The Labute approximate surface area is 145 Å². The third kappa shape index (κ3) is 4.06. The normalized spacial score (nSPS) is 10.7. The summed E-state index contributed by atoms with van der Waals surface area (Å²) in [5.74, 6) is -0.112. The summed E-state index contributed by atoms with van der Waals surface area (Å²) in [6.45, 7) is 0.416. The summed E-state index contributed by atoms with van der Waals surface area (Å²) in [4.78, 5) is 15.8. The molecule has 0 saturated carbocycles. The Morgan fingerprint density at radius 1 is 1.17 bits per heavy atom. The van der Waals surface area contributed by atoms with Crippen molar-refractivity contribution in [1.82, 2.24) is 4.98 Å². The van der Waals surface area contributed by atoms with Crippen molar-refractivity contribution in [1.29, 1.82) is 0 Å². The van der Waals surface area contributed by atoms with Gasteiger partial charge >= 0.3 is 5.97 Å². The molecule has 24 heavy (non-hydrogen) atoms. The number of hydrogen-bond acceptors (Lipinski definition) is 4. The highest BCUT2D eigenvalue weighted by atomic mass is 32.1. The Kier molecular flexibility index (Phi) is 5.01. The van der Waals surface area contributed by atoms with Crippen LogP contribution in [0, 0.1) is 0 Å². The lowest BCUT2D eigenvalue weighted by Crippen LogP contribution is -1.99. The molecule has 5 heteroatoms. The Hall–Kier alpha value is -2.53. The minimum atomic E-state index is -0.813. The zero-order valence-electron chi connectivity index (χ0n) is 13.0. The standard InChI is InChI=1S/C19H17NO3S/c21-19(22)8-6-14-5-7-16(10-18(14)24)23-12-13-9-15-3-1-2-4-17(15)20-11-13/h1-5,7,9-11,24H,6,8,12H2,(H,21,22). The number of hydrogen-bond donors (Lipinski definition) is 2. The smallest absolute Gasteiger partial charge is 0.303 e. The van der Waals surface area contributed by atoms with Crippen molar-refractivity contribution in [2.24, 2.45) is 0 Å². The first kappa shape index (κ1) is 16.3. The van der Waals surface area contributed by atoms with E-state index < -0.39 is 5.97 Å². The number of rotatable bonds is 6. The molecule has 0 atom stereocenters. The van der Waals surface area contributed by atoms with Crippen molar-refractivity contribution in [3.05, 3.63) is 65.9 Å². The van der Waals surface area contributed by atoms with Gasteiger partial charge in [0.15, 0.2) is 0 Å². The number of fused-ring (bicyclic) bond motifs is 1. The van der Waals surface area contributed by atoms with Gasteiger partial charge in [-0.15, -0.1) is 12.6 Å². The maximum Gasteiger partial charge on any atom is 0.303 e. The topological polar surface area (TPSA) is 59.4 Å². The van der Waals surface area contributed by atoms with Crippen molar-refractivity contribution in [2.75, 3.05) is 0 Å². The SMILES string of the molecule is O=C(O)CCc1ccc(OCc2cnc3ccccc3c2)cc1S. The fourth-order valence-electron chi connectivity index (χ4n) is 2.45. The van der Waals surface area contributed by atoms with Gasteiger partial charge in [-0.05, 0) is 36.2 Å².